The van der Waals surface area contributed by atoms with E-state index in [0.29, 0.717) is 30.3 Å². The number of amides is 1. The molecule has 0 aliphatic carbocycles. The van der Waals surface area contributed by atoms with Crippen LogP contribution >= 0.6 is 0 Å². The Hall–Kier alpha value is -1.71. The van der Waals surface area contributed by atoms with Gasteiger partial charge in [-0.25, -0.2) is 0 Å². The summed E-state index contributed by atoms with van der Waals surface area (Å²) in [6, 6.07) is 4.98. The van der Waals surface area contributed by atoms with Crippen molar-refractivity contribution in [3.63, 3.8) is 0 Å². The first-order valence-corrected chi connectivity index (χ1v) is 5.17. The Balaban J connectivity index is 2.32. The lowest BCUT2D eigenvalue weighted by molar-refractivity contribution is 0.0999. The molecular formula is C12H15NO3. The molecule has 4 nitrogen and oxygen atoms in total. The predicted molar refractivity (Wildman–Crippen MR) is 59.7 cm³/mol. The maximum atomic E-state index is 11.0. The van der Waals surface area contributed by atoms with Gasteiger partial charge in [0.05, 0.1) is 13.2 Å². The highest BCUT2D eigenvalue weighted by Gasteiger charge is 2.25. The molecule has 16 heavy (non-hydrogen) atoms. The van der Waals surface area contributed by atoms with Gasteiger partial charge in [0, 0.05) is 11.0 Å². The van der Waals surface area contributed by atoms with Crippen molar-refractivity contribution in [3.05, 3.63) is 23.8 Å². The van der Waals surface area contributed by atoms with Crippen LogP contribution in [0.5, 0.6) is 11.5 Å². The number of carbonyl (C=O) groups is 1. The van der Waals surface area contributed by atoms with Crippen LogP contribution in [-0.4, -0.2) is 19.1 Å². The first kappa shape index (κ1) is 10.8. The molecular weight excluding hydrogens is 206 g/mol. The first-order chi connectivity index (χ1) is 7.48. The molecule has 1 aliphatic rings. The lowest BCUT2D eigenvalue weighted by Crippen LogP contribution is -2.26. The molecule has 0 atom stereocenters. The number of fused-ring (bicyclic) bond motifs is 1. The van der Waals surface area contributed by atoms with Crippen molar-refractivity contribution in [1.82, 2.24) is 0 Å². The molecule has 1 aromatic carbocycles. The van der Waals surface area contributed by atoms with E-state index in [0.717, 1.165) is 0 Å². The molecule has 0 fully saturated rings. The summed E-state index contributed by atoms with van der Waals surface area (Å²) in [7, 11) is 0. The van der Waals surface area contributed by atoms with Crippen LogP contribution in [-0.2, 0) is 0 Å². The van der Waals surface area contributed by atoms with Gasteiger partial charge >= 0.3 is 0 Å². The molecule has 2 rings (SSSR count). The molecule has 1 aromatic rings. The third-order valence-corrected chi connectivity index (χ3v) is 2.47. The Morgan fingerprint density at radius 2 is 1.88 bits per heavy atom. The first-order valence-electron chi connectivity index (χ1n) is 5.17. The van der Waals surface area contributed by atoms with Crippen LogP contribution in [0.15, 0.2) is 18.2 Å². The molecule has 1 aliphatic heterocycles. The van der Waals surface area contributed by atoms with Gasteiger partial charge < -0.3 is 15.2 Å². The number of primary amides is 1. The highest BCUT2D eigenvalue weighted by atomic mass is 16.5. The van der Waals surface area contributed by atoms with Crippen molar-refractivity contribution < 1.29 is 14.3 Å². The average molecular weight is 221 g/mol. The second-order valence-electron chi connectivity index (χ2n) is 4.77. The van der Waals surface area contributed by atoms with E-state index >= 15 is 0 Å². The molecule has 4 heteroatoms. The Bertz CT molecular complexity index is 426. The Morgan fingerprint density at radius 1 is 1.25 bits per heavy atom. The number of hydrogen-bond acceptors (Lipinski definition) is 3. The van der Waals surface area contributed by atoms with Crippen LogP contribution in [0.1, 0.15) is 24.2 Å². The van der Waals surface area contributed by atoms with E-state index in [1.54, 1.807) is 18.2 Å². The molecule has 1 amide bonds. The van der Waals surface area contributed by atoms with Gasteiger partial charge in [0.2, 0.25) is 5.91 Å². The standard InChI is InChI=1S/C12H15NO3/c1-12(2)6-15-9-4-3-8(11(13)14)5-10(9)16-7-12/h3-5H,6-7H2,1-2H3,(H2,13,14). The predicted octanol–water partition coefficient (Wildman–Crippen LogP) is 1.58. The highest BCUT2D eigenvalue weighted by Crippen LogP contribution is 2.34. The fraction of sp³-hybridized carbons (Fsp3) is 0.417. The van der Waals surface area contributed by atoms with Crippen molar-refractivity contribution in [2.75, 3.05) is 13.2 Å². The van der Waals surface area contributed by atoms with Gasteiger partial charge in [0.1, 0.15) is 0 Å². The number of nitrogens with two attached hydrogens (primary N) is 1. The van der Waals surface area contributed by atoms with Crippen LogP contribution in [0.4, 0.5) is 0 Å². The summed E-state index contributed by atoms with van der Waals surface area (Å²) in [6.45, 7) is 5.28. The van der Waals surface area contributed by atoms with Gasteiger partial charge in [-0.3, -0.25) is 4.79 Å². The van der Waals surface area contributed by atoms with Crippen molar-refractivity contribution >= 4 is 5.91 Å². The van der Waals surface area contributed by atoms with Gasteiger partial charge in [-0.15, -0.1) is 0 Å². The molecule has 86 valence electrons. The van der Waals surface area contributed by atoms with E-state index in [1.807, 2.05) is 0 Å². The topological polar surface area (TPSA) is 61.5 Å². The van der Waals surface area contributed by atoms with Crippen LogP contribution in [0, 0.1) is 5.41 Å². The Labute approximate surface area is 94.3 Å². The molecule has 1 heterocycles. The zero-order chi connectivity index (χ0) is 11.8. The largest absolute Gasteiger partial charge is 0.489 e. The van der Waals surface area contributed by atoms with Crippen LogP contribution < -0.4 is 15.2 Å². The fourth-order valence-electron chi connectivity index (χ4n) is 1.48. The molecule has 2 N–H and O–H groups in total. The quantitative estimate of drug-likeness (QED) is 0.783. The minimum absolute atomic E-state index is 0.0358. The second-order valence-corrected chi connectivity index (χ2v) is 4.77. The van der Waals surface area contributed by atoms with E-state index in [2.05, 4.69) is 13.8 Å². The minimum Gasteiger partial charge on any atom is -0.489 e. The van der Waals surface area contributed by atoms with Gasteiger partial charge in [-0.1, -0.05) is 13.8 Å². The summed E-state index contributed by atoms with van der Waals surface area (Å²) >= 11 is 0. The zero-order valence-corrected chi connectivity index (χ0v) is 9.45. The molecule has 0 unspecified atom stereocenters. The molecule has 0 bridgehead atoms. The zero-order valence-electron chi connectivity index (χ0n) is 9.45. The number of rotatable bonds is 1. The Morgan fingerprint density at radius 3 is 2.50 bits per heavy atom. The third kappa shape index (κ3) is 2.10. The summed E-state index contributed by atoms with van der Waals surface area (Å²) in [6.07, 6.45) is 0. The third-order valence-electron chi connectivity index (χ3n) is 2.47. The lowest BCUT2D eigenvalue weighted by Gasteiger charge is -2.19. The molecule has 0 saturated carbocycles. The smallest absolute Gasteiger partial charge is 0.248 e. The van der Waals surface area contributed by atoms with E-state index in [9.17, 15) is 4.79 Å². The van der Waals surface area contributed by atoms with Crippen molar-refractivity contribution in [2.24, 2.45) is 11.1 Å². The minimum atomic E-state index is -0.463. The molecule has 0 saturated heterocycles. The summed E-state index contributed by atoms with van der Waals surface area (Å²) in [4.78, 5) is 11.0. The van der Waals surface area contributed by atoms with E-state index in [-0.39, 0.29) is 5.41 Å². The van der Waals surface area contributed by atoms with E-state index in [1.165, 1.54) is 0 Å². The summed E-state index contributed by atoms with van der Waals surface area (Å²) < 4.78 is 11.2. The number of ether oxygens (including phenoxy) is 2. The monoisotopic (exact) mass is 221 g/mol. The molecule has 0 radical (unpaired) electrons. The highest BCUT2D eigenvalue weighted by molar-refractivity contribution is 5.93. The van der Waals surface area contributed by atoms with E-state index in [4.69, 9.17) is 15.2 Å². The van der Waals surface area contributed by atoms with Crippen molar-refractivity contribution in [1.29, 1.82) is 0 Å². The van der Waals surface area contributed by atoms with Gasteiger partial charge in [-0.05, 0) is 18.2 Å². The van der Waals surface area contributed by atoms with Gasteiger partial charge in [-0.2, -0.15) is 0 Å². The average Bonchev–Trinajstić information content (AvgIpc) is 2.38. The summed E-state index contributed by atoms with van der Waals surface area (Å²) in [5.41, 5.74) is 5.60. The lowest BCUT2D eigenvalue weighted by atomic mass is 9.97. The van der Waals surface area contributed by atoms with Gasteiger partial charge in [0.15, 0.2) is 11.5 Å². The number of hydrogen-bond donors (Lipinski definition) is 1. The van der Waals surface area contributed by atoms with Crippen molar-refractivity contribution in [2.45, 2.75) is 13.8 Å². The van der Waals surface area contributed by atoms with Crippen LogP contribution in [0.3, 0.4) is 0 Å². The number of benzene rings is 1. The molecule has 0 spiro atoms. The summed E-state index contributed by atoms with van der Waals surface area (Å²) in [5, 5.41) is 0. The normalized spacial score (nSPS) is 17.6. The second kappa shape index (κ2) is 3.70. The maximum absolute atomic E-state index is 11.0. The fourth-order valence-corrected chi connectivity index (χ4v) is 1.48. The summed E-state index contributed by atoms with van der Waals surface area (Å²) in [5.74, 6) is 0.785. The molecule has 0 aromatic heterocycles. The van der Waals surface area contributed by atoms with E-state index < -0.39 is 5.91 Å². The van der Waals surface area contributed by atoms with Crippen LogP contribution in [0.2, 0.25) is 0 Å². The van der Waals surface area contributed by atoms with Crippen LogP contribution in [0.25, 0.3) is 0 Å². The SMILES string of the molecule is CC1(C)COc2ccc(C(N)=O)cc2OC1. The van der Waals surface area contributed by atoms with Gasteiger partial charge in [0.25, 0.3) is 0 Å². The number of carbonyl (C=O) groups excluding carboxylic acids is 1. The Kier molecular flexibility index (Phi) is 2.50. The van der Waals surface area contributed by atoms with Crippen molar-refractivity contribution in [3.8, 4) is 11.5 Å². The maximum Gasteiger partial charge on any atom is 0.248 e.